The molecule has 2 N–H and O–H groups in total. The molecule has 1 atom stereocenters. The molecule has 0 bridgehead atoms. The molecule has 0 unspecified atom stereocenters. The lowest BCUT2D eigenvalue weighted by Crippen LogP contribution is -2.37. The number of piperidine rings is 1. The van der Waals surface area contributed by atoms with Crippen molar-refractivity contribution in [3.63, 3.8) is 0 Å². The molecule has 0 saturated carbocycles. The summed E-state index contributed by atoms with van der Waals surface area (Å²) in [5.74, 6) is -0.275. The summed E-state index contributed by atoms with van der Waals surface area (Å²) in [5.41, 5.74) is 1.21. The molecule has 2 rings (SSSR count). The van der Waals surface area contributed by atoms with Crippen LogP contribution in [0.3, 0.4) is 0 Å². The first-order chi connectivity index (χ1) is 10.2. The molecule has 5 nitrogen and oxygen atoms in total. The van der Waals surface area contributed by atoms with Gasteiger partial charge in [-0.05, 0) is 50.1 Å². The summed E-state index contributed by atoms with van der Waals surface area (Å²) < 4.78 is 5.06. The van der Waals surface area contributed by atoms with Gasteiger partial charge in [0.05, 0.1) is 18.1 Å². The highest BCUT2D eigenvalue weighted by Gasteiger charge is 2.20. The molecular formula is C16H22N2O3. The van der Waals surface area contributed by atoms with Crippen LogP contribution in [0.15, 0.2) is 24.3 Å². The monoisotopic (exact) mass is 290 g/mol. The molecule has 21 heavy (non-hydrogen) atoms. The van der Waals surface area contributed by atoms with Crippen LogP contribution in [0.4, 0.5) is 5.69 Å². The normalized spacial score (nSPS) is 18.0. The zero-order valence-corrected chi connectivity index (χ0v) is 12.4. The highest BCUT2D eigenvalue weighted by atomic mass is 16.5. The Kier molecular flexibility index (Phi) is 5.75. The van der Waals surface area contributed by atoms with E-state index in [0.29, 0.717) is 17.9 Å². The quantitative estimate of drug-likeness (QED) is 0.816. The van der Waals surface area contributed by atoms with E-state index in [-0.39, 0.29) is 17.8 Å². The van der Waals surface area contributed by atoms with Gasteiger partial charge < -0.3 is 15.4 Å². The summed E-state index contributed by atoms with van der Waals surface area (Å²) >= 11 is 0. The SMILES string of the molecule is CCCOC(=O)c1ccc(NC(=O)[C@@H]2CCCNC2)cc1. The summed E-state index contributed by atoms with van der Waals surface area (Å²) in [6.45, 7) is 4.09. The van der Waals surface area contributed by atoms with Crippen LogP contribution >= 0.6 is 0 Å². The molecule has 114 valence electrons. The van der Waals surface area contributed by atoms with Crippen molar-refractivity contribution in [3.8, 4) is 0 Å². The molecule has 0 radical (unpaired) electrons. The van der Waals surface area contributed by atoms with Crippen molar-refractivity contribution >= 4 is 17.6 Å². The maximum Gasteiger partial charge on any atom is 0.338 e. The minimum Gasteiger partial charge on any atom is -0.462 e. The molecular weight excluding hydrogens is 268 g/mol. The fraction of sp³-hybridized carbons (Fsp3) is 0.500. The summed E-state index contributed by atoms with van der Waals surface area (Å²) in [4.78, 5) is 23.8. The van der Waals surface area contributed by atoms with Gasteiger partial charge in [-0.2, -0.15) is 0 Å². The minimum atomic E-state index is -0.328. The van der Waals surface area contributed by atoms with E-state index in [0.717, 1.165) is 32.4 Å². The van der Waals surface area contributed by atoms with E-state index in [1.165, 1.54) is 0 Å². The number of hydrogen-bond acceptors (Lipinski definition) is 4. The highest BCUT2D eigenvalue weighted by Crippen LogP contribution is 2.15. The Hall–Kier alpha value is -1.88. The Labute approximate surface area is 125 Å². The number of nitrogens with one attached hydrogen (secondary N) is 2. The van der Waals surface area contributed by atoms with Gasteiger partial charge in [-0.25, -0.2) is 4.79 Å². The van der Waals surface area contributed by atoms with Crippen molar-refractivity contribution in [3.05, 3.63) is 29.8 Å². The summed E-state index contributed by atoms with van der Waals surface area (Å²) in [7, 11) is 0. The smallest absolute Gasteiger partial charge is 0.338 e. The molecule has 1 heterocycles. The number of hydrogen-bond donors (Lipinski definition) is 2. The largest absolute Gasteiger partial charge is 0.462 e. The van der Waals surface area contributed by atoms with E-state index in [9.17, 15) is 9.59 Å². The number of benzene rings is 1. The third kappa shape index (κ3) is 4.56. The molecule has 1 aliphatic rings. The third-order valence-corrected chi connectivity index (χ3v) is 3.49. The van der Waals surface area contributed by atoms with E-state index in [1.54, 1.807) is 24.3 Å². The van der Waals surface area contributed by atoms with Crippen LogP contribution in [0.2, 0.25) is 0 Å². The van der Waals surface area contributed by atoms with E-state index >= 15 is 0 Å². The molecule has 1 aromatic rings. The lowest BCUT2D eigenvalue weighted by molar-refractivity contribution is -0.120. The standard InChI is InChI=1S/C16H22N2O3/c1-2-10-21-16(20)12-5-7-14(8-6-12)18-15(19)13-4-3-9-17-11-13/h5-8,13,17H,2-4,9-11H2,1H3,(H,18,19)/t13-/m1/s1. The zero-order valence-electron chi connectivity index (χ0n) is 12.4. The molecule has 1 aliphatic heterocycles. The molecule has 1 aromatic carbocycles. The summed E-state index contributed by atoms with van der Waals surface area (Å²) in [6.07, 6.45) is 2.75. The predicted molar refractivity (Wildman–Crippen MR) is 81.2 cm³/mol. The van der Waals surface area contributed by atoms with Crippen molar-refractivity contribution in [2.24, 2.45) is 5.92 Å². The number of amides is 1. The molecule has 1 saturated heterocycles. The fourth-order valence-corrected chi connectivity index (χ4v) is 2.29. The number of carbonyl (C=O) groups is 2. The van der Waals surface area contributed by atoms with Crippen molar-refractivity contribution in [2.75, 3.05) is 25.0 Å². The lowest BCUT2D eigenvalue weighted by Gasteiger charge is -2.21. The van der Waals surface area contributed by atoms with Crippen LogP contribution in [0.5, 0.6) is 0 Å². The first-order valence-electron chi connectivity index (χ1n) is 7.49. The number of rotatable bonds is 5. The van der Waals surface area contributed by atoms with Gasteiger partial charge in [-0.1, -0.05) is 6.92 Å². The minimum absolute atomic E-state index is 0.0212. The van der Waals surface area contributed by atoms with Crippen molar-refractivity contribution in [2.45, 2.75) is 26.2 Å². The second kappa shape index (κ2) is 7.78. The predicted octanol–water partition coefficient (Wildman–Crippen LogP) is 2.19. The van der Waals surface area contributed by atoms with Gasteiger partial charge in [0.25, 0.3) is 0 Å². The molecule has 0 aromatic heterocycles. The molecule has 0 spiro atoms. The first-order valence-corrected chi connectivity index (χ1v) is 7.49. The number of carbonyl (C=O) groups excluding carboxylic acids is 2. The third-order valence-electron chi connectivity index (χ3n) is 3.49. The van der Waals surface area contributed by atoms with Crippen molar-refractivity contribution in [1.29, 1.82) is 0 Å². The zero-order chi connectivity index (χ0) is 15.1. The van der Waals surface area contributed by atoms with Gasteiger partial charge in [0.15, 0.2) is 0 Å². The van der Waals surface area contributed by atoms with Gasteiger partial charge in [-0.15, -0.1) is 0 Å². The Morgan fingerprint density at radius 1 is 1.33 bits per heavy atom. The van der Waals surface area contributed by atoms with E-state index < -0.39 is 0 Å². The molecule has 0 aliphatic carbocycles. The summed E-state index contributed by atoms with van der Waals surface area (Å²) in [6, 6.07) is 6.81. The average Bonchev–Trinajstić information content (AvgIpc) is 2.54. The van der Waals surface area contributed by atoms with Crippen molar-refractivity contribution in [1.82, 2.24) is 5.32 Å². The highest BCUT2D eigenvalue weighted by molar-refractivity contribution is 5.94. The van der Waals surface area contributed by atoms with Crippen molar-refractivity contribution < 1.29 is 14.3 Å². The maximum absolute atomic E-state index is 12.1. The Bertz CT molecular complexity index is 479. The number of anilines is 1. The molecule has 5 heteroatoms. The van der Waals surface area contributed by atoms with Gasteiger partial charge in [-0.3, -0.25) is 4.79 Å². The fourth-order valence-electron chi connectivity index (χ4n) is 2.29. The second-order valence-corrected chi connectivity index (χ2v) is 5.25. The number of ether oxygens (including phenoxy) is 1. The average molecular weight is 290 g/mol. The Morgan fingerprint density at radius 2 is 2.10 bits per heavy atom. The van der Waals surface area contributed by atoms with Gasteiger partial charge in [0, 0.05) is 12.2 Å². The second-order valence-electron chi connectivity index (χ2n) is 5.25. The molecule has 1 amide bonds. The Balaban J connectivity index is 1.89. The van der Waals surface area contributed by atoms with E-state index in [4.69, 9.17) is 4.74 Å². The Morgan fingerprint density at radius 3 is 2.71 bits per heavy atom. The van der Waals surface area contributed by atoms with Crippen LogP contribution in [-0.4, -0.2) is 31.6 Å². The topological polar surface area (TPSA) is 67.4 Å². The first kappa shape index (κ1) is 15.5. The van der Waals surface area contributed by atoms with E-state index in [1.807, 2.05) is 6.92 Å². The summed E-state index contributed by atoms with van der Waals surface area (Å²) in [5, 5.41) is 6.11. The maximum atomic E-state index is 12.1. The lowest BCUT2D eigenvalue weighted by atomic mass is 9.99. The van der Waals surface area contributed by atoms with Gasteiger partial charge >= 0.3 is 5.97 Å². The van der Waals surface area contributed by atoms with Crippen LogP contribution in [-0.2, 0) is 9.53 Å². The van der Waals surface area contributed by atoms with Gasteiger partial charge in [0.2, 0.25) is 5.91 Å². The van der Waals surface area contributed by atoms with Gasteiger partial charge in [0.1, 0.15) is 0 Å². The van der Waals surface area contributed by atoms with Crippen LogP contribution in [0.25, 0.3) is 0 Å². The van der Waals surface area contributed by atoms with E-state index in [2.05, 4.69) is 10.6 Å². The number of esters is 1. The van der Waals surface area contributed by atoms with Crippen LogP contribution in [0.1, 0.15) is 36.5 Å². The van der Waals surface area contributed by atoms with Crippen LogP contribution < -0.4 is 10.6 Å². The molecule has 1 fully saturated rings. The van der Waals surface area contributed by atoms with Crippen LogP contribution in [0, 0.1) is 5.92 Å².